The minimum absolute atomic E-state index is 0.0600. The van der Waals surface area contributed by atoms with Crippen molar-refractivity contribution in [3.8, 4) is 5.75 Å². The minimum atomic E-state index is -3.91. The van der Waals surface area contributed by atoms with Gasteiger partial charge in [0.15, 0.2) is 0 Å². The Bertz CT molecular complexity index is 1190. The molecule has 0 fully saturated rings. The molecular weight excluding hydrogens is 410 g/mol. The van der Waals surface area contributed by atoms with E-state index in [2.05, 4.69) is 10.0 Å². The quantitative estimate of drug-likeness (QED) is 0.437. The fraction of sp³-hybridized carbons (Fsp3) is 0.0500. The van der Waals surface area contributed by atoms with Gasteiger partial charge in [-0.1, -0.05) is 12.1 Å². The van der Waals surface area contributed by atoms with Crippen LogP contribution in [0.15, 0.2) is 77.7 Å². The van der Waals surface area contributed by atoms with Gasteiger partial charge < -0.3 is 10.1 Å². The number of nitrogens with one attached hydrogen (secondary N) is 2. The molecule has 0 unspecified atom stereocenters. The van der Waals surface area contributed by atoms with Crippen LogP contribution in [-0.4, -0.2) is 26.4 Å². The molecule has 0 saturated carbocycles. The molecule has 0 bridgehead atoms. The lowest BCUT2D eigenvalue weighted by molar-refractivity contribution is -0.384. The van der Waals surface area contributed by atoms with Crippen molar-refractivity contribution in [2.75, 3.05) is 17.1 Å². The molecule has 0 aliphatic heterocycles. The first kappa shape index (κ1) is 20.8. The number of nitro benzene ring substituents is 1. The van der Waals surface area contributed by atoms with E-state index in [0.717, 1.165) is 6.07 Å². The van der Waals surface area contributed by atoms with E-state index in [-0.39, 0.29) is 21.8 Å². The topological polar surface area (TPSA) is 128 Å². The number of hydrogen-bond donors (Lipinski definition) is 2. The highest BCUT2D eigenvalue weighted by Gasteiger charge is 2.16. The van der Waals surface area contributed by atoms with Gasteiger partial charge in [-0.2, -0.15) is 0 Å². The SMILES string of the molecule is COc1ccc(NS(=O)(=O)c2cccc(NC(=O)c3cccc([N+](=O)[O-])c3)c2)cc1. The van der Waals surface area contributed by atoms with Crippen molar-refractivity contribution in [3.63, 3.8) is 0 Å². The number of nitro groups is 1. The van der Waals surface area contributed by atoms with Crippen LogP contribution in [-0.2, 0) is 10.0 Å². The Morgan fingerprint density at radius 3 is 2.33 bits per heavy atom. The van der Waals surface area contributed by atoms with Crippen LogP contribution in [0.4, 0.5) is 17.1 Å². The maximum absolute atomic E-state index is 12.7. The van der Waals surface area contributed by atoms with Crippen LogP contribution in [0.1, 0.15) is 10.4 Å². The minimum Gasteiger partial charge on any atom is -0.497 e. The number of nitrogens with zero attached hydrogens (tertiary/aromatic N) is 1. The molecular formula is C20H17N3O6S. The highest BCUT2D eigenvalue weighted by atomic mass is 32.2. The standard InChI is InChI=1S/C20H17N3O6S/c1-29-18-10-8-15(9-11-18)22-30(27,28)19-7-3-5-16(13-19)21-20(24)14-4-2-6-17(12-14)23(25)26/h2-13,22H,1H3,(H,21,24). The number of methoxy groups -OCH3 is 1. The van der Waals surface area contributed by atoms with Crippen molar-refractivity contribution in [2.24, 2.45) is 0 Å². The molecule has 0 radical (unpaired) electrons. The van der Waals surface area contributed by atoms with Gasteiger partial charge in [0.25, 0.3) is 21.6 Å². The third-order valence-electron chi connectivity index (χ3n) is 4.06. The Hall–Kier alpha value is -3.92. The van der Waals surface area contributed by atoms with E-state index < -0.39 is 20.9 Å². The molecule has 10 heteroatoms. The van der Waals surface area contributed by atoms with E-state index >= 15 is 0 Å². The maximum Gasteiger partial charge on any atom is 0.270 e. The molecule has 3 rings (SSSR count). The van der Waals surface area contributed by atoms with Crippen LogP contribution < -0.4 is 14.8 Å². The summed E-state index contributed by atoms with van der Waals surface area (Å²) in [5, 5.41) is 13.4. The fourth-order valence-corrected chi connectivity index (χ4v) is 3.68. The zero-order valence-electron chi connectivity index (χ0n) is 15.7. The van der Waals surface area contributed by atoms with Gasteiger partial charge in [0.1, 0.15) is 5.75 Å². The van der Waals surface area contributed by atoms with E-state index in [9.17, 15) is 23.3 Å². The third kappa shape index (κ3) is 4.92. The zero-order chi connectivity index (χ0) is 21.7. The van der Waals surface area contributed by atoms with E-state index in [4.69, 9.17) is 4.74 Å². The van der Waals surface area contributed by atoms with Crippen LogP contribution in [0.2, 0.25) is 0 Å². The molecule has 0 saturated heterocycles. The predicted molar refractivity (Wildman–Crippen MR) is 111 cm³/mol. The van der Waals surface area contributed by atoms with Crippen molar-refractivity contribution in [1.82, 2.24) is 0 Å². The van der Waals surface area contributed by atoms with E-state index in [1.165, 1.54) is 49.6 Å². The van der Waals surface area contributed by atoms with Crippen molar-refractivity contribution in [2.45, 2.75) is 4.90 Å². The largest absolute Gasteiger partial charge is 0.497 e. The van der Waals surface area contributed by atoms with Crippen molar-refractivity contribution in [3.05, 3.63) is 88.5 Å². The monoisotopic (exact) mass is 427 g/mol. The molecule has 0 spiro atoms. The van der Waals surface area contributed by atoms with Gasteiger partial charge in [-0.15, -0.1) is 0 Å². The Labute approximate surface area is 172 Å². The Kier molecular flexibility index (Phi) is 5.98. The van der Waals surface area contributed by atoms with Gasteiger partial charge in [0.05, 0.1) is 16.9 Å². The summed E-state index contributed by atoms with van der Waals surface area (Å²) in [6.45, 7) is 0. The molecule has 3 aromatic carbocycles. The summed E-state index contributed by atoms with van der Waals surface area (Å²) in [4.78, 5) is 22.6. The smallest absolute Gasteiger partial charge is 0.270 e. The van der Waals surface area contributed by atoms with Crippen LogP contribution in [0.5, 0.6) is 5.75 Å². The van der Waals surface area contributed by atoms with Crippen LogP contribution in [0.25, 0.3) is 0 Å². The number of carbonyl (C=O) groups is 1. The lowest BCUT2D eigenvalue weighted by Gasteiger charge is -2.11. The normalized spacial score (nSPS) is 10.8. The van der Waals surface area contributed by atoms with Crippen LogP contribution in [0.3, 0.4) is 0 Å². The molecule has 1 amide bonds. The Morgan fingerprint density at radius 2 is 1.67 bits per heavy atom. The average Bonchev–Trinajstić information content (AvgIpc) is 2.74. The lowest BCUT2D eigenvalue weighted by Crippen LogP contribution is -2.15. The molecule has 3 aromatic rings. The second kappa shape index (κ2) is 8.62. The summed E-state index contributed by atoms with van der Waals surface area (Å²) in [7, 11) is -2.40. The van der Waals surface area contributed by atoms with Crippen LogP contribution >= 0.6 is 0 Å². The first-order valence-electron chi connectivity index (χ1n) is 8.61. The predicted octanol–water partition coefficient (Wildman–Crippen LogP) is 3.66. The molecule has 154 valence electrons. The summed E-state index contributed by atoms with van der Waals surface area (Å²) >= 11 is 0. The number of ether oxygens (including phenoxy) is 1. The van der Waals surface area contributed by atoms with Crippen LogP contribution in [0, 0.1) is 10.1 Å². The van der Waals surface area contributed by atoms with Gasteiger partial charge in [0.2, 0.25) is 0 Å². The number of rotatable bonds is 7. The molecule has 0 aromatic heterocycles. The Balaban J connectivity index is 1.78. The van der Waals surface area contributed by atoms with Gasteiger partial charge in [0, 0.05) is 29.1 Å². The first-order chi connectivity index (χ1) is 14.3. The lowest BCUT2D eigenvalue weighted by atomic mass is 10.2. The number of anilines is 2. The summed E-state index contributed by atoms with van der Waals surface area (Å²) in [5.41, 5.74) is 0.433. The van der Waals surface area contributed by atoms with Crippen molar-refractivity contribution in [1.29, 1.82) is 0 Å². The molecule has 2 N–H and O–H groups in total. The second-order valence-corrected chi connectivity index (χ2v) is 7.81. The number of amides is 1. The molecule has 0 heterocycles. The molecule has 0 atom stereocenters. The van der Waals surface area contributed by atoms with Gasteiger partial charge >= 0.3 is 0 Å². The third-order valence-corrected chi connectivity index (χ3v) is 5.44. The summed E-state index contributed by atoms with van der Waals surface area (Å²) in [6, 6.07) is 17.3. The summed E-state index contributed by atoms with van der Waals surface area (Å²) in [6.07, 6.45) is 0. The fourth-order valence-electron chi connectivity index (χ4n) is 2.58. The van der Waals surface area contributed by atoms with Gasteiger partial charge in [-0.05, 0) is 48.5 Å². The zero-order valence-corrected chi connectivity index (χ0v) is 16.5. The van der Waals surface area contributed by atoms with Crippen molar-refractivity contribution < 1.29 is 22.9 Å². The first-order valence-corrected chi connectivity index (χ1v) is 10.1. The van der Waals surface area contributed by atoms with Crippen molar-refractivity contribution >= 4 is 33.0 Å². The summed E-state index contributed by atoms with van der Waals surface area (Å²) in [5.74, 6) is -0.0137. The number of non-ortho nitro benzene ring substituents is 1. The number of carbonyl (C=O) groups excluding carboxylic acids is 1. The molecule has 9 nitrogen and oxygen atoms in total. The molecule has 30 heavy (non-hydrogen) atoms. The molecule has 0 aliphatic rings. The number of hydrogen-bond acceptors (Lipinski definition) is 6. The molecule has 0 aliphatic carbocycles. The van der Waals surface area contributed by atoms with Gasteiger partial charge in [-0.3, -0.25) is 19.6 Å². The summed E-state index contributed by atoms with van der Waals surface area (Å²) < 4.78 is 32.8. The van der Waals surface area contributed by atoms with E-state index in [1.807, 2.05) is 0 Å². The van der Waals surface area contributed by atoms with Gasteiger partial charge in [-0.25, -0.2) is 8.42 Å². The highest BCUT2D eigenvalue weighted by Crippen LogP contribution is 2.22. The highest BCUT2D eigenvalue weighted by molar-refractivity contribution is 7.92. The van der Waals surface area contributed by atoms with E-state index in [1.54, 1.807) is 24.3 Å². The number of benzene rings is 3. The average molecular weight is 427 g/mol. The van der Waals surface area contributed by atoms with E-state index in [0.29, 0.717) is 11.4 Å². The maximum atomic E-state index is 12.7. The Morgan fingerprint density at radius 1 is 0.967 bits per heavy atom. The second-order valence-electron chi connectivity index (χ2n) is 6.12. The number of sulfonamides is 1.